The number of allylic oxidation sites excluding steroid dienone is 1. The highest BCUT2D eigenvalue weighted by atomic mass is 79.9. The lowest BCUT2D eigenvalue weighted by atomic mass is 9.95. The maximum absolute atomic E-state index is 14.3. The summed E-state index contributed by atoms with van der Waals surface area (Å²) in [6.45, 7) is 2.72. The molecule has 228 valence electrons. The van der Waals surface area contributed by atoms with Crippen LogP contribution in [-0.4, -0.2) is 49.6 Å². The van der Waals surface area contributed by atoms with Crippen molar-refractivity contribution in [3.8, 4) is 11.5 Å². The monoisotopic (exact) mass is 702 g/mol. The molecular formula is C28H23BrClF3N2O7S. The molecule has 0 unspecified atom stereocenters. The minimum Gasteiger partial charge on any atom is -0.493 e. The predicted molar refractivity (Wildman–Crippen MR) is 155 cm³/mol. The predicted octanol–water partition coefficient (Wildman–Crippen LogP) is 4.71. The van der Waals surface area contributed by atoms with Crippen LogP contribution in [0, 0.1) is 0 Å². The van der Waals surface area contributed by atoms with E-state index >= 15 is 0 Å². The van der Waals surface area contributed by atoms with Crippen molar-refractivity contribution in [2.45, 2.75) is 26.1 Å². The number of ether oxygens (including phenoxy) is 4. The van der Waals surface area contributed by atoms with Gasteiger partial charge >= 0.3 is 18.1 Å². The summed E-state index contributed by atoms with van der Waals surface area (Å²) in [5.41, 5.74) is -2.34. The minimum absolute atomic E-state index is 0.0264. The molecule has 2 aromatic carbocycles. The average molecular weight is 704 g/mol. The molecule has 1 atom stereocenters. The summed E-state index contributed by atoms with van der Waals surface area (Å²) in [7, 11) is 1.37. The van der Waals surface area contributed by atoms with Crippen LogP contribution in [0.2, 0.25) is 5.02 Å². The Morgan fingerprint density at radius 3 is 2.42 bits per heavy atom. The normalized spacial score (nSPS) is 15.1. The molecule has 43 heavy (non-hydrogen) atoms. The highest BCUT2D eigenvalue weighted by molar-refractivity contribution is 9.10. The number of hydrogen-bond donors (Lipinski definition) is 0. The first-order valence-electron chi connectivity index (χ1n) is 12.6. The van der Waals surface area contributed by atoms with Gasteiger partial charge in [-0.1, -0.05) is 35.1 Å². The molecule has 3 aromatic rings. The summed E-state index contributed by atoms with van der Waals surface area (Å²) in [5.74, 6) is -1.43. The largest absolute Gasteiger partial charge is 0.493 e. The van der Waals surface area contributed by atoms with Gasteiger partial charge in [0.2, 0.25) is 0 Å². The Labute approximate surface area is 259 Å². The van der Waals surface area contributed by atoms with Crippen molar-refractivity contribution in [1.82, 2.24) is 4.57 Å². The molecule has 2 heterocycles. The van der Waals surface area contributed by atoms with Crippen LogP contribution in [0.3, 0.4) is 0 Å². The molecule has 15 heteroatoms. The maximum Gasteiger partial charge on any atom is 0.434 e. The van der Waals surface area contributed by atoms with Crippen molar-refractivity contribution in [2.75, 3.05) is 26.9 Å². The van der Waals surface area contributed by atoms with Crippen LogP contribution in [0.1, 0.15) is 31.0 Å². The number of aromatic nitrogens is 1. The first kappa shape index (κ1) is 32.3. The number of carbonyl (C=O) groups excluding carboxylic acids is 2. The number of esters is 2. The van der Waals surface area contributed by atoms with Crippen molar-refractivity contribution in [3.63, 3.8) is 0 Å². The average Bonchev–Trinajstić information content (AvgIpc) is 3.26. The van der Waals surface area contributed by atoms with Gasteiger partial charge in [0.05, 0.1) is 40.9 Å². The smallest absolute Gasteiger partial charge is 0.434 e. The van der Waals surface area contributed by atoms with Gasteiger partial charge < -0.3 is 18.9 Å². The number of nitrogens with zero attached hydrogens (tertiary/aromatic N) is 2. The fraction of sp³-hybridized carbons (Fsp3) is 0.286. The molecule has 0 fully saturated rings. The second-order valence-corrected chi connectivity index (χ2v) is 11.0. The molecule has 0 radical (unpaired) electrons. The quantitative estimate of drug-likeness (QED) is 0.298. The Balaban J connectivity index is 1.90. The zero-order chi connectivity index (χ0) is 31.5. The summed E-state index contributed by atoms with van der Waals surface area (Å²) >= 11 is 10.1. The van der Waals surface area contributed by atoms with Gasteiger partial charge in [0.1, 0.15) is 0 Å². The van der Waals surface area contributed by atoms with Gasteiger partial charge in [-0.05, 0) is 71.2 Å². The van der Waals surface area contributed by atoms with Crippen molar-refractivity contribution in [3.05, 3.63) is 88.0 Å². The first-order valence-corrected chi connectivity index (χ1v) is 14.6. The zero-order valence-corrected chi connectivity index (χ0v) is 25.9. The first-order chi connectivity index (χ1) is 20.4. The molecule has 1 aliphatic heterocycles. The second kappa shape index (κ2) is 13.3. The van der Waals surface area contributed by atoms with Gasteiger partial charge in [-0.15, -0.1) is 0 Å². The van der Waals surface area contributed by atoms with E-state index < -0.39 is 41.0 Å². The highest BCUT2D eigenvalue weighted by Gasteiger charge is 2.45. The lowest BCUT2D eigenvalue weighted by molar-refractivity contribution is -0.145. The number of halogens is 5. The number of methoxy groups -OCH3 is 1. The Morgan fingerprint density at radius 2 is 1.81 bits per heavy atom. The third kappa shape index (κ3) is 6.97. The summed E-state index contributed by atoms with van der Waals surface area (Å²) < 4.78 is 65.0. The van der Waals surface area contributed by atoms with Crippen molar-refractivity contribution >= 4 is 56.9 Å². The number of thiazole rings is 1. The molecule has 0 N–H and O–H groups in total. The lowest BCUT2D eigenvalue weighted by Crippen LogP contribution is -2.41. The lowest BCUT2D eigenvalue weighted by Gasteiger charge is -2.26. The molecule has 0 saturated heterocycles. The zero-order valence-electron chi connectivity index (χ0n) is 22.8. The maximum atomic E-state index is 14.3. The fourth-order valence-corrected chi connectivity index (χ4v) is 5.95. The topological polar surface area (TPSA) is 105 Å². The number of fused-ring (bicyclic) bond motifs is 1. The van der Waals surface area contributed by atoms with E-state index in [0.717, 1.165) is 4.57 Å². The van der Waals surface area contributed by atoms with Crippen molar-refractivity contribution in [2.24, 2.45) is 4.99 Å². The van der Waals surface area contributed by atoms with E-state index in [9.17, 15) is 27.6 Å². The molecule has 0 spiro atoms. The number of benzene rings is 2. The Kier molecular flexibility index (Phi) is 10.0. The van der Waals surface area contributed by atoms with Gasteiger partial charge in [0, 0.05) is 5.02 Å². The Bertz CT molecular complexity index is 1770. The van der Waals surface area contributed by atoms with Crippen molar-refractivity contribution < 1.29 is 41.7 Å². The van der Waals surface area contributed by atoms with E-state index in [2.05, 4.69) is 20.9 Å². The highest BCUT2D eigenvalue weighted by Crippen LogP contribution is 2.39. The van der Waals surface area contributed by atoms with Crippen LogP contribution in [0.4, 0.5) is 13.2 Å². The second-order valence-electron chi connectivity index (χ2n) is 8.74. The van der Waals surface area contributed by atoms with E-state index in [0.29, 0.717) is 26.4 Å². The van der Waals surface area contributed by atoms with Crippen LogP contribution >= 0.6 is 38.9 Å². The molecule has 0 aliphatic carbocycles. The summed E-state index contributed by atoms with van der Waals surface area (Å²) in [6, 6.07) is 7.34. The SMILES string of the molecule is CCOC(=O)COc1c(Br)cc(/C=c2\sc3n(c2=O)[C@@H](c2ccc(Cl)cc2)C(C(=O)OCC)=C(C(F)(F)F)N=3)cc1OC. The molecule has 1 aliphatic rings. The van der Waals surface area contributed by atoms with E-state index in [1.165, 1.54) is 50.4 Å². The minimum atomic E-state index is -5.03. The molecule has 1 aromatic heterocycles. The van der Waals surface area contributed by atoms with Crippen LogP contribution in [0.5, 0.6) is 11.5 Å². The molecule has 0 bridgehead atoms. The number of alkyl halides is 3. The van der Waals surface area contributed by atoms with E-state index in [1.807, 2.05) is 0 Å². The van der Waals surface area contributed by atoms with E-state index in [4.69, 9.17) is 30.5 Å². The van der Waals surface area contributed by atoms with Crippen LogP contribution in [0.15, 0.2) is 61.9 Å². The molecule has 0 amide bonds. The van der Waals surface area contributed by atoms with Crippen LogP contribution in [-0.2, 0) is 19.1 Å². The van der Waals surface area contributed by atoms with Gasteiger partial charge in [-0.25, -0.2) is 14.6 Å². The number of rotatable bonds is 9. The summed E-state index contributed by atoms with van der Waals surface area (Å²) in [5, 5.41) is 0.308. The van der Waals surface area contributed by atoms with E-state index in [-0.39, 0.29) is 46.2 Å². The summed E-state index contributed by atoms with van der Waals surface area (Å²) in [4.78, 5) is 41.9. The fourth-order valence-electron chi connectivity index (χ4n) is 4.25. The van der Waals surface area contributed by atoms with Crippen molar-refractivity contribution in [1.29, 1.82) is 0 Å². The Morgan fingerprint density at radius 1 is 1.14 bits per heavy atom. The molecule has 4 rings (SSSR count). The van der Waals surface area contributed by atoms with Gasteiger partial charge in [-0.3, -0.25) is 9.36 Å². The van der Waals surface area contributed by atoms with Crippen LogP contribution < -0.4 is 24.4 Å². The van der Waals surface area contributed by atoms with Gasteiger partial charge in [-0.2, -0.15) is 13.2 Å². The van der Waals surface area contributed by atoms with E-state index in [1.54, 1.807) is 13.0 Å². The number of carbonyl (C=O) groups is 2. The molecular weight excluding hydrogens is 681 g/mol. The molecule has 0 saturated carbocycles. The molecule has 9 nitrogen and oxygen atoms in total. The summed E-state index contributed by atoms with van der Waals surface area (Å²) in [6.07, 6.45) is -3.59. The van der Waals surface area contributed by atoms with Gasteiger partial charge in [0.15, 0.2) is 28.6 Å². The Hall–Kier alpha value is -3.62. The van der Waals surface area contributed by atoms with Gasteiger partial charge in [0.25, 0.3) is 5.56 Å². The third-order valence-electron chi connectivity index (χ3n) is 5.97. The van der Waals surface area contributed by atoms with Crippen LogP contribution in [0.25, 0.3) is 6.08 Å². The number of hydrogen-bond acceptors (Lipinski definition) is 9. The third-order valence-corrected chi connectivity index (χ3v) is 7.79. The standard InChI is InChI=1S/C28H23BrClF3N2O7S/c1-4-40-20(36)13-42-23-17(29)10-14(11-18(23)39-3)12-19-25(37)35-22(15-6-8-16(30)9-7-15)21(26(38)41-5-2)24(28(31,32)33)34-27(35)43-19/h6-12,22H,4-5,13H2,1-3H3/b19-12-/t22-/m0/s1.